The topological polar surface area (TPSA) is 18.5 Å². The molecule has 0 saturated heterocycles. The molecule has 19 heavy (non-hydrogen) atoms. The summed E-state index contributed by atoms with van der Waals surface area (Å²) in [6, 6.07) is 0. The van der Waals surface area contributed by atoms with Crippen molar-refractivity contribution in [2.24, 2.45) is 5.92 Å². The molecule has 0 bridgehead atoms. The smallest absolute Gasteiger partial charge is 0.164 e. The summed E-state index contributed by atoms with van der Waals surface area (Å²) in [5, 5.41) is 0. The first-order valence-corrected chi connectivity index (χ1v) is 8.46. The lowest BCUT2D eigenvalue weighted by Crippen LogP contribution is -2.29. The lowest BCUT2D eigenvalue weighted by molar-refractivity contribution is -0.197. The molecule has 1 atom stereocenters. The number of thiol groups is 1. The first-order chi connectivity index (χ1) is 9.11. The van der Waals surface area contributed by atoms with Gasteiger partial charge in [0.1, 0.15) is 0 Å². The molecule has 0 aromatic carbocycles. The zero-order chi connectivity index (χ0) is 14.6. The molecule has 0 aromatic heterocycles. The molecule has 0 spiro atoms. The van der Waals surface area contributed by atoms with Crippen LogP contribution in [0.1, 0.15) is 71.6 Å². The monoisotopic (exact) mass is 290 g/mol. The molecular weight excluding hydrogens is 256 g/mol. The molecule has 0 saturated carbocycles. The van der Waals surface area contributed by atoms with Crippen molar-refractivity contribution in [3.05, 3.63) is 0 Å². The Morgan fingerprint density at radius 3 is 2.11 bits per heavy atom. The second kappa shape index (κ2) is 12.0. The van der Waals surface area contributed by atoms with Crippen molar-refractivity contribution in [1.82, 2.24) is 0 Å². The van der Waals surface area contributed by atoms with Crippen LogP contribution in [0.2, 0.25) is 0 Å². The van der Waals surface area contributed by atoms with Crippen LogP contribution in [0.15, 0.2) is 0 Å². The molecule has 0 heterocycles. The maximum atomic E-state index is 5.38. The predicted octanol–water partition coefficient (Wildman–Crippen LogP) is 5.07. The fourth-order valence-corrected chi connectivity index (χ4v) is 2.75. The molecule has 116 valence electrons. The largest absolute Gasteiger partial charge is 0.353 e. The van der Waals surface area contributed by atoms with Crippen LogP contribution in [0.25, 0.3) is 0 Å². The van der Waals surface area contributed by atoms with E-state index in [1.165, 1.54) is 51.4 Å². The van der Waals surface area contributed by atoms with Gasteiger partial charge in [0, 0.05) is 20.6 Å². The minimum absolute atomic E-state index is 0.394. The maximum Gasteiger partial charge on any atom is 0.164 e. The summed E-state index contributed by atoms with van der Waals surface area (Å²) in [5.74, 6) is 1.54. The predicted molar refractivity (Wildman–Crippen MR) is 87.0 cm³/mol. The molecule has 0 aliphatic carbocycles. The molecule has 0 rings (SSSR count). The van der Waals surface area contributed by atoms with Crippen LogP contribution < -0.4 is 0 Å². The van der Waals surface area contributed by atoms with Crippen molar-refractivity contribution in [1.29, 1.82) is 0 Å². The fourth-order valence-electron chi connectivity index (χ4n) is 2.56. The van der Waals surface area contributed by atoms with Crippen LogP contribution in [0.4, 0.5) is 0 Å². The molecular formula is C16H34O2S. The molecule has 0 aromatic rings. The van der Waals surface area contributed by atoms with Crippen LogP contribution in [-0.4, -0.2) is 25.8 Å². The Morgan fingerprint density at radius 2 is 1.58 bits per heavy atom. The molecule has 3 heteroatoms. The van der Waals surface area contributed by atoms with Crippen LogP contribution in [0.5, 0.6) is 0 Å². The van der Waals surface area contributed by atoms with Crippen LogP contribution in [-0.2, 0) is 9.47 Å². The van der Waals surface area contributed by atoms with Crippen molar-refractivity contribution in [3.63, 3.8) is 0 Å². The first-order valence-electron chi connectivity index (χ1n) is 7.83. The van der Waals surface area contributed by atoms with Crippen molar-refractivity contribution >= 4 is 12.6 Å². The van der Waals surface area contributed by atoms with Gasteiger partial charge in [-0.15, -0.1) is 0 Å². The van der Waals surface area contributed by atoms with E-state index in [2.05, 4.69) is 19.6 Å². The fraction of sp³-hybridized carbons (Fsp3) is 1.00. The number of hydrogen-bond acceptors (Lipinski definition) is 3. The van der Waals surface area contributed by atoms with Gasteiger partial charge in [-0.3, -0.25) is 0 Å². The van der Waals surface area contributed by atoms with Gasteiger partial charge in [-0.05, 0) is 37.9 Å². The molecule has 0 fully saturated rings. The van der Waals surface area contributed by atoms with E-state index in [1.807, 2.05) is 6.92 Å². The average Bonchev–Trinajstić information content (AvgIpc) is 2.43. The molecule has 0 amide bonds. The molecule has 0 N–H and O–H groups in total. The highest BCUT2D eigenvalue weighted by Gasteiger charge is 2.21. The number of methoxy groups -OCH3 is 2. The van der Waals surface area contributed by atoms with Gasteiger partial charge in [0.2, 0.25) is 0 Å². The van der Waals surface area contributed by atoms with Gasteiger partial charge in [-0.1, -0.05) is 39.0 Å². The summed E-state index contributed by atoms with van der Waals surface area (Å²) >= 11 is 4.31. The maximum absolute atomic E-state index is 5.38. The highest BCUT2D eigenvalue weighted by Crippen LogP contribution is 2.23. The molecule has 1 unspecified atom stereocenters. The van der Waals surface area contributed by atoms with Gasteiger partial charge in [-0.2, -0.15) is 12.6 Å². The Bertz CT molecular complexity index is 193. The lowest BCUT2D eigenvalue weighted by atomic mass is 9.92. The summed E-state index contributed by atoms with van der Waals surface area (Å²) in [4.78, 5) is 0. The van der Waals surface area contributed by atoms with Crippen molar-refractivity contribution in [3.8, 4) is 0 Å². The van der Waals surface area contributed by atoms with Gasteiger partial charge in [0.25, 0.3) is 0 Å². The van der Waals surface area contributed by atoms with E-state index in [4.69, 9.17) is 9.47 Å². The molecule has 0 aliphatic heterocycles. The SMILES string of the molecule is CCCC(CCCS)CCCCCC(C)(OC)OC. The van der Waals surface area contributed by atoms with Gasteiger partial charge < -0.3 is 9.47 Å². The highest BCUT2D eigenvalue weighted by molar-refractivity contribution is 7.80. The number of rotatable bonds is 13. The van der Waals surface area contributed by atoms with E-state index in [-0.39, 0.29) is 0 Å². The molecule has 0 radical (unpaired) electrons. The average molecular weight is 291 g/mol. The van der Waals surface area contributed by atoms with E-state index in [9.17, 15) is 0 Å². The summed E-state index contributed by atoms with van der Waals surface area (Å²) in [5.41, 5.74) is 0. The van der Waals surface area contributed by atoms with Crippen molar-refractivity contribution < 1.29 is 9.47 Å². The van der Waals surface area contributed by atoms with Gasteiger partial charge in [0.15, 0.2) is 5.79 Å². The molecule has 0 aliphatic rings. The third-order valence-electron chi connectivity index (χ3n) is 4.07. The van der Waals surface area contributed by atoms with E-state index in [0.717, 1.165) is 18.1 Å². The Kier molecular flexibility index (Phi) is 12.2. The van der Waals surface area contributed by atoms with Crippen molar-refractivity contribution in [2.75, 3.05) is 20.0 Å². The standard InChI is InChI=1S/C16H34O2S/c1-5-10-15(12-9-14-19)11-7-6-8-13-16(2,17-3)18-4/h15,19H,5-14H2,1-4H3. The normalized spacial score (nSPS) is 13.7. The summed E-state index contributed by atoms with van der Waals surface area (Å²) < 4.78 is 10.8. The van der Waals surface area contributed by atoms with Crippen LogP contribution in [0.3, 0.4) is 0 Å². The first kappa shape index (κ1) is 19.3. The van der Waals surface area contributed by atoms with Gasteiger partial charge in [0.05, 0.1) is 0 Å². The minimum atomic E-state index is -0.394. The lowest BCUT2D eigenvalue weighted by Gasteiger charge is -2.26. The molecule has 2 nitrogen and oxygen atoms in total. The third kappa shape index (κ3) is 9.75. The number of unbranched alkanes of at least 4 members (excludes halogenated alkanes) is 2. The Balaban J connectivity index is 3.69. The number of hydrogen-bond donors (Lipinski definition) is 1. The van der Waals surface area contributed by atoms with Crippen molar-refractivity contribution in [2.45, 2.75) is 77.4 Å². The summed E-state index contributed by atoms with van der Waals surface area (Å²) in [6.07, 6.45) is 11.5. The Hall–Kier alpha value is 0.270. The van der Waals surface area contributed by atoms with Gasteiger partial charge >= 0.3 is 0 Å². The Morgan fingerprint density at radius 1 is 0.947 bits per heavy atom. The zero-order valence-corrected chi connectivity index (χ0v) is 14.3. The van der Waals surface area contributed by atoms with Crippen LogP contribution >= 0.6 is 12.6 Å². The van der Waals surface area contributed by atoms with E-state index >= 15 is 0 Å². The second-order valence-electron chi connectivity index (χ2n) is 5.66. The highest BCUT2D eigenvalue weighted by atomic mass is 32.1. The van der Waals surface area contributed by atoms with E-state index in [0.29, 0.717) is 0 Å². The minimum Gasteiger partial charge on any atom is -0.353 e. The van der Waals surface area contributed by atoms with E-state index in [1.54, 1.807) is 14.2 Å². The van der Waals surface area contributed by atoms with E-state index < -0.39 is 5.79 Å². The second-order valence-corrected chi connectivity index (χ2v) is 6.11. The Labute approximate surface area is 126 Å². The van der Waals surface area contributed by atoms with Gasteiger partial charge in [-0.25, -0.2) is 0 Å². The number of ether oxygens (including phenoxy) is 2. The zero-order valence-electron chi connectivity index (χ0n) is 13.4. The summed E-state index contributed by atoms with van der Waals surface area (Å²) in [6.45, 7) is 4.30. The third-order valence-corrected chi connectivity index (χ3v) is 4.39. The quantitative estimate of drug-likeness (QED) is 0.290. The summed E-state index contributed by atoms with van der Waals surface area (Å²) in [7, 11) is 3.44. The van der Waals surface area contributed by atoms with Crippen LogP contribution in [0, 0.1) is 5.92 Å².